The van der Waals surface area contributed by atoms with E-state index in [4.69, 9.17) is 4.74 Å². The molecule has 0 aromatic heterocycles. The van der Waals surface area contributed by atoms with Crippen molar-refractivity contribution in [1.82, 2.24) is 0 Å². The van der Waals surface area contributed by atoms with Gasteiger partial charge in [0.2, 0.25) is 0 Å². The molecule has 2 nitrogen and oxygen atoms in total. The third kappa shape index (κ3) is 5.29. The molecule has 0 aliphatic rings. The number of rotatable bonds is 8. The molecule has 0 saturated heterocycles. The predicted molar refractivity (Wildman–Crippen MR) is 110 cm³/mol. The Kier molecular flexibility index (Phi) is 7.47. The molecule has 2 aromatic carbocycles. The second kappa shape index (κ2) is 9.16. The summed E-state index contributed by atoms with van der Waals surface area (Å²) in [6, 6.07) is 19.0. The molecule has 0 aliphatic heterocycles. The minimum absolute atomic E-state index is 0.111. The van der Waals surface area contributed by atoms with Crippen LogP contribution in [0, 0.1) is 0 Å². The molecule has 0 saturated carbocycles. The molecule has 2 rings (SSSR count). The molecule has 0 heterocycles. The molecule has 0 amide bonds. The number of ether oxygens (including phenoxy) is 1. The van der Waals surface area contributed by atoms with E-state index in [2.05, 4.69) is 68.2 Å². The summed E-state index contributed by atoms with van der Waals surface area (Å²) in [5.41, 5.74) is 2.35. The Bertz CT molecular complexity index is 654. The van der Waals surface area contributed by atoms with Crippen LogP contribution in [0.15, 0.2) is 54.6 Å². The van der Waals surface area contributed by atoms with Crippen LogP contribution >= 0.6 is 0 Å². The summed E-state index contributed by atoms with van der Waals surface area (Å²) in [5, 5.41) is 10.4. The number of aliphatic hydroxyl groups is 1. The Morgan fingerprint density at radius 1 is 1.00 bits per heavy atom. The first-order valence-electron chi connectivity index (χ1n) is 8.89. The molecular formula is C21H30O2SeSi. The number of benzene rings is 2. The van der Waals surface area contributed by atoms with Crippen LogP contribution in [0.4, 0.5) is 0 Å². The molecule has 4 heteroatoms. The van der Waals surface area contributed by atoms with E-state index in [9.17, 15) is 5.11 Å². The summed E-state index contributed by atoms with van der Waals surface area (Å²) in [5.74, 6) is 0. The van der Waals surface area contributed by atoms with E-state index >= 15 is 0 Å². The first kappa shape index (κ1) is 20.4. The van der Waals surface area contributed by atoms with Gasteiger partial charge < -0.3 is 0 Å². The third-order valence-electron chi connectivity index (χ3n) is 4.43. The molecule has 25 heavy (non-hydrogen) atoms. The van der Waals surface area contributed by atoms with Gasteiger partial charge in [-0.2, -0.15) is 0 Å². The predicted octanol–water partition coefficient (Wildman–Crippen LogP) is 4.51. The Hall–Kier alpha value is -0.904. The fourth-order valence-corrected chi connectivity index (χ4v) is 9.90. The molecule has 0 fully saturated rings. The average molecular weight is 422 g/mol. The standard InChI is InChI=1S/C21H30O2SeSi/c1-6-18(22)17-14-10-11-15-19(17)24-21(25(3,4)5)20(23-2)16-12-8-7-9-13-16/h7-15,18,20-22H,6H2,1-5H3/t18-,20+,21-/m0/s1. The quantitative estimate of drug-likeness (QED) is 0.636. The van der Waals surface area contributed by atoms with Gasteiger partial charge in [0.15, 0.2) is 0 Å². The van der Waals surface area contributed by atoms with Crippen LogP contribution in [-0.2, 0) is 4.74 Å². The van der Waals surface area contributed by atoms with Crippen molar-refractivity contribution in [1.29, 1.82) is 0 Å². The molecule has 1 N–H and O–H groups in total. The van der Waals surface area contributed by atoms with E-state index < -0.39 is 8.07 Å². The van der Waals surface area contributed by atoms with Crippen LogP contribution in [0.1, 0.15) is 36.7 Å². The van der Waals surface area contributed by atoms with E-state index in [0.29, 0.717) is 4.44 Å². The number of hydrogen-bond donors (Lipinski definition) is 1. The van der Waals surface area contributed by atoms with E-state index in [1.807, 2.05) is 20.1 Å². The average Bonchev–Trinajstić information content (AvgIpc) is 2.61. The van der Waals surface area contributed by atoms with Gasteiger partial charge in [-0.3, -0.25) is 0 Å². The fourth-order valence-electron chi connectivity index (χ4n) is 2.99. The van der Waals surface area contributed by atoms with Crippen LogP contribution in [0.2, 0.25) is 24.1 Å². The Morgan fingerprint density at radius 3 is 2.16 bits per heavy atom. The second-order valence-electron chi connectivity index (χ2n) is 7.43. The van der Waals surface area contributed by atoms with E-state index in [0.717, 1.165) is 12.0 Å². The molecule has 0 unspecified atom stereocenters. The first-order valence-corrected chi connectivity index (χ1v) is 14.3. The van der Waals surface area contributed by atoms with Gasteiger partial charge in [0, 0.05) is 0 Å². The van der Waals surface area contributed by atoms with Crippen molar-refractivity contribution in [2.24, 2.45) is 0 Å². The van der Waals surface area contributed by atoms with Gasteiger partial charge in [0.1, 0.15) is 0 Å². The minimum atomic E-state index is -1.48. The zero-order chi connectivity index (χ0) is 18.4. The summed E-state index contributed by atoms with van der Waals surface area (Å²) in [6.07, 6.45) is 0.481. The summed E-state index contributed by atoms with van der Waals surface area (Å²) in [6.45, 7) is 9.31. The molecule has 0 bridgehead atoms. The van der Waals surface area contributed by atoms with Gasteiger partial charge in [0.25, 0.3) is 0 Å². The van der Waals surface area contributed by atoms with Gasteiger partial charge in [-0.05, 0) is 0 Å². The summed E-state index contributed by atoms with van der Waals surface area (Å²) in [4.78, 5) is 0. The molecule has 0 radical (unpaired) electrons. The molecule has 0 aliphatic carbocycles. The van der Waals surface area contributed by atoms with Crippen LogP contribution in [-0.4, -0.2) is 35.2 Å². The van der Waals surface area contributed by atoms with Crippen LogP contribution < -0.4 is 4.46 Å². The van der Waals surface area contributed by atoms with Crippen molar-refractivity contribution in [3.8, 4) is 0 Å². The van der Waals surface area contributed by atoms with Crippen molar-refractivity contribution in [3.05, 3.63) is 65.7 Å². The van der Waals surface area contributed by atoms with Crippen molar-refractivity contribution in [2.45, 2.75) is 49.6 Å². The van der Waals surface area contributed by atoms with Gasteiger partial charge in [-0.1, -0.05) is 0 Å². The summed E-state index contributed by atoms with van der Waals surface area (Å²) >= 11 is 0.244. The third-order valence-corrected chi connectivity index (χ3v) is 13.9. The normalized spacial score (nSPS) is 15.6. The molecular weight excluding hydrogens is 391 g/mol. The maximum absolute atomic E-state index is 10.4. The SMILES string of the molecule is CC[C@H](O)c1ccccc1[Se][C@H]([C@H](OC)c1ccccc1)[Si](C)(C)C. The second-order valence-corrected chi connectivity index (χ2v) is 16.2. The Labute approximate surface area is 159 Å². The van der Waals surface area contributed by atoms with Crippen LogP contribution in [0.25, 0.3) is 0 Å². The van der Waals surface area contributed by atoms with Crippen LogP contribution in [0.3, 0.4) is 0 Å². The van der Waals surface area contributed by atoms with Crippen molar-refractivity contribution >= 4 is 27.5 Å². The molecule has 0 spiro atoms. The molecule has 3 atom stereocenters. The van der Waals surface area contributed by atoms with Gasteiger partial charge in [-0.15, -0.1) is 0 Å². The first-order chi connectivity index (χ1) is 11.9. The Balaban J connectivity index is 2.40. The summed E-state index contributed by atoms with van der Waals surface area (Å²) < 4.78 is 7.82. The molecule has 2 aromatic rings. The fraction of sp³-hybridized carbons (Fsp3) is 0.429. The van der Waals surface area contributed by atoms with Crippen molar-refractivity contribution < 1.29 is 9.84 Å². The van der Waals surface area contributed by atoms with Gasteiger partial charge >= 0.3 is 160 Å². The van der Waals surface area contributed by atoms with E-state index in [1.54, 1.807) is 0 Å². The number of hydrogen-bond acceptors (Lipinski definition) is 2. The van der Waals surface area contributed by atoms with E-state index in [-0.39, 0.29) is 27.2 Å². The van der Waals surface area contributed by atoms with Crippen LogP contribution in [0.5, 0.6) is 0 Å². The summed E-state index contributed by atoms with van der Waals surface area (Å²) in [7, 11) is 0.344. The van der Waals surface area contributed by atoms with Crippen molar-refractivity contribution in [3.63, 3.8) is 0 Å². The number of aliphatic hydroxyl groups excluding tert-OH is 1. The van der Waals surface area contributed by atoms with Gasteiger partial charge in [0.05, 0.1) is 0 Å². The maximum atomic E-state index is 10.4. The monoisotopic (exact) mass is 422 g/mol. The Morgan fingerprint density at radius 2 is 1.60 bits per heavy atom. The zero-order valence-corrected chi connectivity index (χ0v) is 18.6. The number of methoxy groups -OCH3 is 1. The van der Waals surface area contributed by atoms with Gasteiger partial charge in [-0.25, -0.2) is 0 Å². The zero-order valence-electron chi connectivity index (χ0n) is 15.9. The topological polar surface area (TPSA) is 29.5 Å². The van der Waals surface area contributed by atoms with Crippen molar-refractivity contribution in [2.75, 3.05) is 7.11 Å². The molecule has 136 valence electrons. The van der Waals surface area contributed by atoms with E-state index in [1.165, 1.54) is 10.0 Å².